The van der Waals surface area contributed by atoms with E-state index < -0.39 is 6.09 Å². The molecule has 2 aromatic rings. The summed E-state index contributed by atoms with van der Waals surface area (Å²) in [5.41, 5.74) is 1.75. The lowest BCUT2D eigenvalue weighted by molar-refractivity contribution is 0.120. The van der Waals surface area contributed by atoms with Crippen LogP contribution in [0.3, 0.4) is 0 Å². The van der Waals surface area contributed by atoms with Crippen molar-refractivity contribution in [3.05, 3.63) is 63.3 Å². The second-order valence-electron chi connectivity index (χ2n) is 8.50. The minimum absolute atomic E-state index is 0.0602. The molecule has 2 heterocycles. The zero-order chi connectivity index (χ0) is 24.2. The lowest BCUT2D eigenvalue weighted by atomic mass is 10.1. The van der Waals surface area contributed by atoms with Crippen molar-refractivity contribution in [1.82, 2.24) is 19.9 Å². The van der Waals surface area contributed by atoms with Crippen molar-refractivity contribution >= 4 is 29.2 Å². The molecule has 2 unspecified atom stereocenters. The average molecular weight is 486 g/mol. The van der Waals surface area contributed by atoms with Crippen LogP contribution < -0.4 is 20.9 Å². The number of rotatable bonds is 8. The third-order valence-corrected chi connectivity index (χ3v) is 6.08. The smallest absolute Gasteiger partial charge is 0.407 e. The number of ether oxygens (including phenoxy) is 2. The number of anilines is 2. The van der Waals surface area contributed by atoms with E-state index >= 15 is 0 Å². The summed E-state index contributed by atoms with van der Waals surface area (Å²) in [5, 5.41) is 6.05. The summed E-state index contributed by atoms with van der Waals surface area (Å²) < 4.78 is 12.3. The molecule has 1 fully saturated rings. The minimum Gasteiger partial charge on any atom is -0.481 e. The predicted octanol–water partition coefficient (Wildman–Crippen LogP) is 4.22. The fraction of sp³-hybridized carbons (Fsp3) is 0.417. The Kier molecular flexibility index (Phi) is 7.21. The molecule has 0 aliphatic heterocycles. The third-order valence-electron chi connectivity index (χ3n) is 5.90. The molecule has 1 saturated carbocycles. The highest BCUT2D eigenvalue weighted by Crippen LogP contribution is 2.39. The van der Waals surface area contributed by atoms with Gasteiger partial charge in [0, 0.05) is 11.8 Å². The van der Waals surface area contributed by atoms with Crippen molar-refractivity contribution in [2.75, 3.05) is 19.0 Å². The lowest BCUT2D eigenvalue weighted by Gasteiger charge is -2.22. The molecule has 2 atom stereocenters. The number of hydrogen-bond donors (Lipinski definition) is 2. The van der Waals surface area contributed by atoms with E-state index in [2.05, 4.69) is 20.6 Å². The van der Waals surface area contributed by atoms with Crippen molar-refractivity contribution in [2.45, 2.75) is 45.2 Å². The van der Waals surface area contributed by atoms with E-state index in [-0.39, 0.29) is 41.1 Å². The molecule has 2 aliphatic carbocycles. The summed E-state index contributed by atoms with van der Waals surface area (Å²) in [7, 11) is 1.56. The van der Waals surface area contributed by atoms with Crippen molar-refractivity contribution in [3.8, 4) is 5.88 Å². The molecule has 2 N–H and O–H groups in total. The molecule has 0 radical (unpaired) electrons. The van der Waals surface area contributed by atoms with Crippen LogP contribution in [0.1, 0.15) is 36.6 Å². The molecular weight excluding hydrogens is 458 g/mol. The second kappa shape index (κ2) is 10.3. The summed E-state index contributed by atoms with van der Waals surface area (Å²) in [6.45, 7) is 3.74. The largest absolute Gasteiger partial charge is 0.481 e. The summed E-state index contributed by atoms with van der Waals surface area (Å²) in [6.07, 6.45) is 11.3. The van der Waals surface area contributed by atoms with Crippen LogP contribution in [0.5, 0.6) is 5.88 Å². The number of nitrogens with zero attached hydrogens (tertiary/aromatic N) is 3. The Hall–Kier alpha value is -3.33. The number of carbonyl (C=O) groups is 1. The van der Waals surface area contributed by atoms with E-state index in [1.165, 1.54) is 10.8 Å². The number of pyridine rings is 1. The number of allylic oxidation sites excluding steroid dienone is 2. The molecule has 10 heteroatoms. The highest BCUT2D eigenvalue weighted by molar-refractivity contribution is 6.29. The van der Waals surface area contributed by atoms with Crippen LogP contribution in [0.2, 0.25) is 5.15 Å². The molecule has 0 bridgehead atoms. The highest BCUT2D eigenvalue weighted by Gasteiger charge is 2.35. The Labute approximate surface area is 202 Å². The van der Waals surface area contributed by atoms with Gasteiger partial charge in [0.15, 0.2) is 5.82 Å². The van der Waals surface area contributed by atoms with Gasteiger partial charge in [0.05, 0.1) is 30.6 Å². The van der Waals surface area contributed by atoms with Crippen LogP contribution in [0, 0.1) is 19.8 Å². The van der Waals surface area contributed by atoms with Gasteiger partial charge < -0.3 is 24.7 Å². The fourth-order valence-corrected chi connectivity index (χ4v) is 4.11. The van der Waals surface area contributed by atoms with E-state index in [4.69, 9.17) is 21.1 Å². The van der Waals surface area contributed by atoms with E-state index in [9.17, 15) is 9.59 Å². The summed E-state index contributed by atoms with van der Waals surface area (Å²) >= 11 is 6.29. The molecule has 2 aliphatic rings. The van der Waals surface area contributed by atoms with E-state index in [0.29, 0.717) is 23.7 Å². The maximum absolute atomic E-state index is 13.3. The number of nitrogens with one attached hydrogen (secondary N) is 2. The number of hydrogen-bond acceptors (Lipinski definition) is 7. The SMILES string of the molecule is COc1nc(C)c(Nc2nc(Cl)cn(C(COC(=O)NC3C=CC=CC3)C3CC3)c2=O)cc1C. The molecule has 1 amide bonds. The number of aromatic nitrogens is 3. The Morgan fingerprint density at radius 1 is 1.29 bits per heavy atom. The zero-order valence-electron chi connectivity index (χ0n) is 19.4. The van der Waals surface area contributed by atoms with Crippen LogP contribution in [0.15, 0.2) is 41.4 Å². The normalized spacial score (nSPS) is 17.8. The van der Waals surface area contributed by atoms with Crippen LogP contribution in [0.4, 0.5) is 16.3 Å². The Morgan fingerprint density at radius 2 is 2.09 bits per heavy atom. The van der Waals surface area contributed by atoms with Crippen molar-refractivity contribution in [2.24, 2.45) is 5.92 Å². The quantitative estimate of drug-likeness (QED) is 0.576. The number of methoxy groups -OCH3 is 1. The number of halogens is 1. The first kappa shape index (κ1) is 23.8. The monoisotopic (exact) mass is 485 g/mol. The summed E-state index contributed by atoms with van der Waals surface area (Å²) in [6, 6.07) is 1.40. The van der Waals surface area contributed by atoms with Gasteiger partial charge in [-0.3, -0.25) is 4.79 Å². The Balaban J connectivity index is 1.53. The number of aryl methyl sites for hydroxylation is 2. The van der Waals surface area contributed by atoms with Gasteiger partial charge in [-0.25, -0.2) is 14.8 Å². The molecule has 180 valence electrons. The lowest BCUT2D eigenvalue weighted by Crippen LogP contribution is -2.37. The highest BCUT2D eigenvalue weighted by atomic mass is 35.5. The van der Waals surface area contributed by atoms with E-state index in [1.807, 2.05) is 44.2 Å². The molecule has 4 rings (SSSR count). The van der Waals surface area contributed by atoms with Crippen LogP contribution in [-0.4, -0.2) is 40.4 Å². The zero-order valence-corrected chi connectivity index (χ0v) is 20.1. The number of carbonyl (C=O) groups excluding carboxylic acids is 1. The standard InChI is InChI=1S/C24H28ClN5O4/c1-14-11-18(15(2)26-22(14)33-3)28-21-23(31)30(12-20(25)29-21)19(16-9-10-16)13-34-24(32)27-17-7-5-4-6-8-17/h4-7,11-12,16-17,19H,8-10,13H2,1-3H3,(H,27,32)(H,28,29). The van der Waals surface area contributed by atoms with Crippen LogP contribution in [0.25, 0.3) is 0 Å². The van der Waals surface area contributed by atoms with Gasteiger partial charge in [0.25, 0.3) is 5.56 Å². The third kappa shape index (κ3) is 5.59. The molecule has 2 aromatic heterocycles. The van der Waals surface area contributed by atoms with Gasteiger partial charge in [-0.2, -0.15) is 0 Å². The van der Waals surface area contributed by atoms with E-state index in [1.54, 1.807) is 7.11 Å². The van der Waals surface area contributed by atoms with E-state index in [0.717, 1.165) is 18.4 Å². The Bertz CT molecular complexity index is 1190. The first-order valence-corrected chi connectivity index (χ1v) is 11.6. The fourth-order valence-electron chi connectivity index (χ4n) is 3.92. The molecular formula is C24H28ClN5O4. The topological polar surface area (TPSA) is 107 Å². The molecule has 9 nitrogen and oxygen atoms in total. The van der Waals surface area contributed by atoms with Crippen LogP contribution >= 0.6 is 11.6 Å². The first-order valence-electron chi connectivity index (χ1n) is 11.2. The van der Waals surface area contributed by atoms with Gasteiger partial charge in [0.1, 0.15) is 11.8 Å². The number of alkyl carbamates (subject to hydrolysis) is 1. The van der Waals surface area contributed by atoms with Crippen molar-refractivity contribution in [3.63, 3.8) is 0 Å². The summed E-state index contributed by atoms with van der Waals surface area (Å²) in [5.74, 6) is 0.820. The first-order chi connectivity index (χ1) is 16.4. The van der Waals surface area contributed by atoms with Gasteiger partial charge >= 0.3 is 6.09 Å². The van der Waals surface area contributed by atoms with Gasteiger partial charge in [-0.15, -0.1) is 0 Å². The average Bonchev–Trinajstić information content (AvgIpc) is 3.65. The Morgan fingerprint density at radius 3 is 2.76 bits per heavy atom. The molecule has 0 aromatic carbocycles. The predicted molar refractivity (Wildman–Crippen MR) is 130 cm³/mol. The maximum atomic E-state index is 13.3. The van der Waals surface area contributed by atoms with Gasteiger partial charge in [0.2, 0.25) is 5.88 Å². The van der Waals surface area contributed by atoms with Crippen LogP contribution in [-0.2, 0) is 4.74 Å². The minimum atomic E-state index is -0.516. The molecule has 0 saturated heterocycles. The van der Waals surface area contributed by atoms with Crippen molar-refractivity contribution in [1.29, 1.82) is 0 Å². The van der Waals surface area contributed by atoms with Gasteiger partial charge in [-0.1, -0.05) is 35.9 Å². The molecule has 34 heavy (non-hydrogen) atoms. The number of amides is 1. The second-order valence-corrected chi connectivity index (χ2v) is 8.89. The van der Waals surface area contributed by atoms with Crippen molar-refractivity contribution < 1.29 is 14.3 Å². The maximum Gasteiger partial charge on any atom is 0.407 e. The molecule has 0 spiro atoms. The summed E-state index contributed by atoms with van der Waals surface area (Å²) in [4.78, 5) is 34.3. The van der Waals surface area contributed by atoms with Gasteiger partial charge in [-0.05, 0) is 45.1 Å².